The first kappa shape index (κ1) is 18.1. The third-order valence-corrected chi connectivity index (χ3v) is 4.68. The summed E-state index contributed by atoms with van der Waals surface area (Å²) in [6.45, 7) is 1.91. The van der Waals surface area contributed by atoms with E-state index in [1.165, 1.54) is 6.26 Å². The minimum Gasteiger partial charge on any atom is -0.467 e. The Morgan fingerprint density at radius 1 is 1.29 bits per heavy atom. The molecule has 3 heterocycles. The number of hydrogen-bond donors (Lipinski definition) is 2. The minimum atomic E-state index is -4.52. The summed E-state index contributed by atoms with van der Waals surface area (Å²) in [6.07, 6.45) is -2.26. The number of carbonyl (C=O) groups excluding carboxylic acids is 1. The van der Waals surface area contributed by atoms with Crippen LogP contribution in [0.15, 0.2) is 53.3 Å². The Kier molecular flexibility index (Phi) is 4.37. The van der Waals surface area contributed by atoms with Gasteiger partial charge in [0.2, 0.25) is 0 Å². The lowest BCUT2D eigenvalue weighted by molar-refractivity contribution is -0.174. The quantitative estimate of drug-likeness (QED) is 0.680. The van der Waals surface area contributed by atoms with Crippen molar-refractivity contribution in [1.29, 1.82) is 0 Å². The lowest BCUT2D eigenvalue weighted by Crippen LogP contribution is -2.36. The van der Waals surface area contributed by atoms with Crippen LogP contribution in [0.4, 0.5) is 24.7 Å². The van der Waals surface area contributed by atoms with E-state index in [2.05, 4.69) is 15.7 Å². The van der Waals surface area contributed by atoms with Crippen LogP contribution in [0.25, 0.3) is 0 Å². The number of nitrogens with one attached hydrogen (secondary N) is 2. The molecule has 0 saturated carbocycles. The van der Waals surface area contributed by atoms with E-state index in [0.717, 1.165) is 16.4 Å². The Morgan fingerprint density at radius 3 is 2.68 bits per heavy atom. The summed E-state index contributed by atoms with van der Waals surface area (Å²) in [5, 5.41) is 9.50. The largest absolute Gasteiger partial charge is 0.467 e. The Morgan fingerprint density at radius 2 is 2.04 bits per heavy atom. The molecular weight excluding hydrogens is 373 g/mol. The third kappa shape index (κ3) is 3.35. The molecule has 1 aliphatic heterocycles. The standard InChI is InChI=1S/C19H17F3N4O2/c1-11-4-6-12(7-5-11)24-18(27)13-10-23-26-16(19(20,21)22)9-14(25-17(13)26)15-3-2-8-28-15/h2-8,10,14,16,25H,9H2,1H3,(H,24,27)/t14-,16+/m0/s1. The second-order valence-corrected chi connectivity index (χ2v) is 6.68. The molecule has 0 bridgehead atoms. The van der Waals surface area contributed by atoms with Crippen molar-refractivity contribution in [3.05, 3.63) is 65.7 Å². The molecule has 0 spiro atoms. The van der Waals surface area contributed by atoms with Crippen LogP contribution >= 0.6 is 0 Å². The van der Waals surface area contributed by atoms with E-state index in [4.69, 9.17) is 4.42 Å². The maximum Gasteiger partial charge on any atom is 0.410 e. The SMILES string of the molecule is Cc1ccc(NC(=O)c2cnn3c2N[C@H](c2ccco2)C[C@@H]3C(F)(F)F)cc1. The highest BCUT2D eigenvalue weighted by Gasteiger charge is 2.47. The van der Waals surface area contributed by atoms with Crippen molar-refractivity contribution in [2.75, 3.05) is 10.6 Å². The van der Waals surface area contributed by atoms with Gasteiger partial charge in [-0.3, -0.25) is 4.79 Å². The Balaban J connectivity index is 1.67. The van der Waals surface area contributed by atoms with Gasteiger partial charge >= 0.3 is 6.18 Å². The first-order chi connectivity index (χ1) is 13.3. The molecule has 0 fully saturated rings. The van der Waals surface area contributed by atoms with Gasteiger partial charge in [-0.05, 0) is 31.2 Å². The fraction of sp³-hybridized carbons (Fsp3) is 0.263. The zero-order valence-corrected chi connectivity index (χ0v) is 14.8. The van der Waals surface area contributed by atoms with Crippen LogP contribution in [0, 0.1) is 6.92 Å². The Bertz CT molecular complexity index is 978. The summed E-state index contributed by atoms with van der Waals surface area (Å²) in [7, 11) is 0. The number of rotatable bonds is 3. The monoisotopic (exact) mass is 390 g/mol. The number of amides is 1. The van der Waals surface area contributed by atoms with Crippen LogP contribution in [-0.2, 0) is 0 Å². The fourth-order valence-electron chi connectivity index (χ4n) is 3.24. The number of benzene rings is 1. The average molecular weight is 390 g/mol. The van der Waals surface area contributed by atoms with Gasteiger partial charge in [0.25, 0.3) is 5.91 Å². The molecule has 0 radical (unpaired) electrons. The van der Waals surface area contributed by atoms with Gasteiger partial charge in [0.1, 0.15) is 17.1 Å². The number of aromatic nitrogens is 2. The van der Waals surface area contributed by atoms with E-state index in [0.29, 0.717) is 11.4 Å². The molecule has 0 aliphatic carbocycles. The molecule has 2 aromatic heterocycles. The smallest absolute Gasteiger partial charge is 0.410 e. The van der Waals surface area contributed by atoms with E-state index in [1.54, 1.807) is 24.3 Å². The molecule has 0 saturated heterocycles. The predicted molar refractivity (Wildman–Crippen MR) is 96.1 cm³/mol. The zero-order valence-electron chi connectivity index (χ0n) is 14.8. The molecule has 146 valence electrons. The molecule has 6 nitrogen and oxygen atoms in total. The first-order valence-electron chi connectivity index (χ1n) is 8.65. The van der Waals surface area contributed by atoms with Gasteiger partial charge < -0.3 is 15.1 Å². The van der Waals surface area contributed by atoms with Gasteiger partial charge in [0.05, 0.1) is 18.5 Å². The summed E-state index contributed by atoms with van der Waals surface area (Å²) in [5.41, 5.74) is 1.60. The van der Waals surface area contributed by atoms with Crippen LogP contribution in [0.5, 0.6) is 0 Å². The van der Waals surface area contributed by atoms with E-state index in [-0.39, 0.29) is 17.8 Å². The number of fused-ring (bicyclic) bond motifs is 1. The van der Waals surface area contributed by atoms with E-state index < -0.39 is 24.2 Å². The van der Waals surface area contributed by atoms with E-state index in [9.17, 15) is 18.0 Å². The molecule has 1 amide bonds. The first-order valence-corrected chi connectivity index (χ1v) is 8.65. The number of nitrogens with zero attached hydrogens (tertiary/aromatic N) is 2. The van der Waals surface area contributed by atoms with Gasteiger partial charge in [0.15, 0.2) is 6.04 Å². The highest BCUT2D eigenvalue weighted by molar-refractivity contribution is 6.07. The topological polar surface area (TPSA) is 72.1 Å². The Labute approximate surface area is 158 Å². The highest BCUT2D eigenvalue weighted by Crippen LogP contribution is 2.44. The Hall–Kier alpha value is -3.23. The van der Waals surface area contributed by atoms with Crippen LogP contribution in [-0.4, -0.2) is 21.9 Å². The second-order valence-electron chi connectivity index (χ2n) is 6.68. The molecule has 0 unspecified atom stereocenters. The van der Waals surface area contributed by atoms with Crippen molar-refractivity contribution in [2.45, 2.75) is 31.6 Å². The molecular formula is C19H17F3N4O2. The van der Waals surface area contributed by atoms with E-state index >= 15 is 0 Å². The molecule has 1 aromatic carbocycles. The lowest BCUT2D eigenvalue weighted by Gasteiger charge is -2.32. The van der Waals surface area contributed by atoms with Crippen LogP contribution in [0.3, 0.4) is 0 Å². The summed E-state index contributed by atoms with van der Waals surface area (Å²) in [4.78, 5) is 12.7. The molecule has 2 N–H and O–H groups in total. The maximum atomic E-state index is 13.6. The van der Waals surface area contributed by atoms with Crippen molar-refractivity contribution >= 4 is 17.4 Å². The number of halogens is 3. The molecule has 3 aromatic rings. The van der Waals surface area contributed by atoms with Crippen molar-refractivity contribution in [1.82, 2.24) is 9.78 Å². The van der Waals surface area contributed by atoms with Crippen molar-refractivity contribution in [3.63, 3.8) is 0 Å². The van der Waals surface area contributed by atoms with Gasteiger partial charge in [-0.15, -0.1) is 0 Å². The van der Waals surface area contributed by atoms with Crippen LogP contribution in [0.2, 0.25) is 0 Å². The number of anilines is 2. The minimum absolute atomic E-state index is 0.0135. The normalized spacial score (nSPS) is 19.0. The second kappa shape index (κ2) is 6.74. The van der Waals surface area contributed by atoms with Crippen LogP contribution < -0.4 is 10.6 Å². The highest BCUT2D eigenvalue weighted by atomic mass is 19.4. The number of hydrogen-bond acceptors (Lipinski definition) is 4. The maximum absolute atomic E-state index is 13.6. The summed E-state index contributed by atoms with van der Waals surface area (Å²) >= 11 is 0. The van der Waals surface area contributed by atoms with Gasteiger partial charge in [-0.2, -0.15) is 18.3 Å². The predicted octanol–water partition coefficient (Wildman–Crippen LogP) is 4.70. The molecule has 4 rings (SSSR count). The number of alkyl halides is 3. The molecule has 28 heavy (non-hydrogen) atoms. The summed E-state index contributed by atoms with van der Waals surface area (Å²) in [6, 6.07) is 7.72. The zero-order chi connectivity index (χ0) is 19.9. The van der Waals surface area contributed by atoms with Crippen molar-refractivity contribution < 1.29 is 22.4 Å². The molecule has 1 aliphatic rings. The van der Waals surface area contributed by atoms with Gasteiger partial charge in [0, 0.05) is 12.1 Å². The summed E-state index contributed by atoms with van der Waals surface area (Å²) in [5.74, 6) is -0.162. The number of aryl methyl sites for hydroxylation is 1. The fourth-order valence-corrected chi connectivity index (χ4v) is 3.24. The third-order valence-electron chi connectivity index (χ3n) is 4.68. The van der Waals surface area contributed by atoms with Crippen molar-refractivity contribution in [3.8, 4) is 0 Å². The van der Waals surface area contributed by atoms with Crippen LogP contribution in [0.1, 0.15) is 40.2 Å². The molecule has 2 atom stereocenters. The summed E-state index contributed by atoms with van der Waals surface area (Å²) < 4.78 is 46.9. The van der Waals surface area contributed by atoms with Gasteiger partial charge in [-0.1, -0.05) is 17.7 Å². The van der Waals surface area contributed by atoms with E-state index in [1.807, 2.05) is 19.1 Å². The lowest BCUT2D eigenvalue weighted by atomic mass is 10.0. The van der Waals surface area contributed by atoms with Gasteiger partial charge in [-0.25, -0.2) is 4.68 Å². The molecule has 9 heteroatoms. The number of furan rings is 1. The van der Waals surface area contributed by atoms with Crippen molar-refractivity contribution in [2.24, 2.45) is 0 Å². The average Bonchev–Trinajstić information content (AvgIpc) is 3.31. The number of carbonyl (C=O) groups is 1.